The molecule has 2 aromatic carbocycles. The molecule has 1 heterocycles. The molecular formula is C23H31N3O3S. The second-order valence-corrected chi connectivity index (χ2v) is 10.1. The van der Waals surface area contributed by atoms with Gasteiger partial charge in [0.15, 0.2) is 0 Å². The molecule has 162 valence electrons. The van der Waals surface area contributed by atoms with Crippen molar-refractivity contribution < 1.29 is 13.2 Å². The number of carbonyl (C=O) groups is 1. The molecule has 0 saturated carbocycles. The molecule has 7 heteroatoms. The van der Waals surface area contributed by atoms with Gasteiger partial charge in [-0.3, -0.25) is 4.79 Å². The van der Waals surface area contributed by atoms with Crippen LogP contribution in [0, 0.1) is 0 Å². The van der Waals surface area contributed by atoms with Crippen LogP contribution in [0.25, 0.3) is 0 Å². The van der Waals surface area contributed by atoms with Crippen LogP contribution in [0.2, 0.25) is 0 Å². The SMILES string of the molecule is CC1CCCCN1S(=O)(=O)c1cccc(C(=O)NC(CN(C)C)c2ccccc2)c1. The zero-order chi connectivity index (χ0) is 21.7. The lowest BCUT2D eigenvalue weighted by Crippen LogP contribution is -2.42. The van der Waals surface area contributed by atoms with E-state index in [9.17, 15) is 13.2 Å². The van der Waals surface area contributed by atoms with E-state index in [2.05, 4.69) is 5.32 Å². The number of likely N-dealkylation sites (N-methyl/N-ethyl adjacent to an activating group) is 1. The Hall–Kier alpha value is -2.22. The minimum absolute atomic E-state index is 0.0243. The third kappa shape index (κ3) is 5.28. The second-order valence-electron chi connectivity index (χ2n) is 8.19. The minimum atomic E-state index is -3.62. The Bertz CT molecular complexity index is 961. The highest BCUT2D eigenvalue weighted by Crippen LogP contribution is 2.25. The first-order chi connectivity index (χ1) is 14.3. The molecule has 1 aliphatic rings. The highest BCUT2D eigenvalue weighted by Gasteiger charge is 2.31. The number of sulfonamides is 1. The van der Waals surface area contributed by atoms with Gasteiger partial charge in [0, 0.05) is 24.7 Å². The molecule has 1 amide bonds. The highest BCUT2D eigenvalue weighted by molar-refractivity contribution is 7.89. The topological polar surface area (TPSA) is 69.7 Å². The lowest BCUT2D eigenvalue weighted by Gasteiger charge is -2.32. The molecule has 1 saturated heterocycles. The van der Waals surface area contributed by atoms with Crippen molar-refractivity contribution in [3.63, 3.8) is 0 Å². The average Bonchev–Trinajstić information content (AvgIpc) is 2.74. The summed E-state index contributed by atoms with van der Waals surface area (Å²) in [5.74, 6) is -0.283. The smallest absolute Gasteiger partial charge is 0.251 e. The van der Waals surface area contributed by atoms with Gasteiger partial charge in [0.05, 0.1) is 10.9 Å². The van der Waals surface area contributed by atoms with Crippen LogP contribution in [0.4, 0.5) is 0 Å². The number of benzene rings is 2. The minimum Gasteiger partial charge on any atom is -0.344 e. The number of piperidine rings is 1. The van der Waals surface area contributed by atoms with E-state index in [1.54, 1.807) is 22.5 Å². The second kappa shape index (κ2) is 9.73. The van der Waals surface area contributed by atoms with Gasteiger partial charge in [-0.05, 0) is 57.6 Å². The zero-order valence-electron chi connectivity index (χ0n) is 17.9. The van der Waals surface area contributed by atoms with Crippen LogP contribution in [0.3, 0.4) is 0 Å². The fourth-order valence-electron chi connectivity index (χ4n) is 3.89. The number of nitrogens with zero attached hydrogens (tertiary/aromatic N) is 2. The monoisotopic (exact) mass is 429 g/mol. The number of carbonyl (C=O) groups excluding carboxylic acids is 1. The Kier molecular flexibility index (Phi) is 7.28. The molecule has 2 atom stereocenters. The van der Waals surface area contributed by atoms with E-state index in [1.165, 1.54) is 6.07 Å². The summed E-state index contributed by atoms with van der Waals surface area (Å²) in [6, 6.07) is 15.9. The fraction of sp³-hybridized carbons (Fsp3) is 0.435. The maximum atomic E-state index is 13.1. The normalized spacial score (nSPS) is 18.9. The first-order valence-electron chi connectivity index (χ1n) is 10.4. The molecule has 0 spiro atoms. The van der Waals surface area contributed by atoms with Gasteiger partial charge in [-0.25, -0.2) is 8.42 Å². The standard InChI is InChI=1S/C23H31N3O3S/c1-18-10-7-8-15-26(18)30(28,29)21-14-9-13-20(16-21)23(27)24-22(17-25(2)3)19-11-5-4-6-12-19/h4-6,9,11-14,16,18,22H,7-8,10,15,17H2,1-3H3,(H,24,27). The Balaban J connectivity index is 1.83. The van der Waals surface area contributed by atoms with Crippen LogP contribution >= 0.6 is 0 Å². The molecule has 0 aliphatic carbocycles. The van der Waals surface area contributed by atoms with E-state index < -0.39 is 10.0 Å². The van der Waals surface area contributed by atoms with E-state index >= 15 is 0 Å². The summed E-state index contributed by atoms with van der Waals surface area (Å²) < 4.78 is 27.9. The van der Waals surface area contributed by atoms with Gasteiger partial charge in [0.1, 0.15) is 0 Å². The van der Waals surface area contributed by atoms with E-state index in [-0.39, 0.29) is 22.9 Å². The van der Waals surface area contributed by atoms with Gasteiger partial charge < -0.3 is 10.2 Å². The Morgan fingerprint density at radius 3 is 2.53 bits per heavy atom. The summed E-state index contributed by atoms with van der Waals surface area (Å²) in [6.45, 7) is 3.11. The van der Waals surface area contributed by atoms with E-state index in [1.807, 2.05) is 56.3 Å². The van der Waals surface area contributed by atoms with Crippen molar-refractivity contribution in [3.05, 3.63) is 65.7 Å². The van der Waals surface area contributed by atoms with Crippen molar-refractivity contribution in [1.82, 2.24) is 14.5 Å². The van der Waals surface area contributed by atoms with E-state index in [4.69, 9.17) is 0 Å². The van der Waals surface area contributed by atoms with Gasteiger partial charge in [0.2, 0.25) is 10.0 Å². The summed E-state index contributed by atoms with van der Waals surface area (Å²) in [6.07, 6.45) is 2.78. The van der Waals surface area contributed by atoms with Gasteiger partial charge in [-0.2, -0.15) is 4.31 Å². The van der Waals surface area contributed by atoms with Crippen LogP contribution in [0.15, 0.2) is 59.5 Å². The maximum Gasteiger partial charge on any atom is 0.251 e. The molecule has 1 aliphatic heterocycles. The third-order valence-electron chi connectivity index (χ3n) is 5.50. The van der Waals surface area contributed by atoms with Crippen molar-refractivity contribution in [2.75, 3.05) is 27.2 Å². The van der Waals surface area contributed by atoms with Crippen molar-refractivity contribution in [2.45, 2.75) is 43.2 Å². The Morgan fingerprint density at radius 2 is 1.87 bits per heavy atom. The molecule has 1 fully saturated rings. The number of nitrogens with one attached hydrogen (secondary N) is 1. The number of hydrogen-bond donors (Lipinski definition) is 1. The lowest BCUT2D eigenvalue weighted by atomic mass is 10.1. The van der Waals surface area contributed by atoms with Crippen LogP contribution < -0.4 is 5.32 Å². The van der Waals surface area contributed by atoms with Crippen molar-refractivity contribution in [3.8, 4) is 0 Å². The molecule has 6 nitrogen and oxygen atoms in total. The number of rotatable bonds is 7. The highest BCUT2D eigenvalue weighted by atomic mass is 32.2. The van der Waals surface area contributed by atoms with Crippen molar-refractivity contribution in [1.29, 1.82) is 0 Å². The van der Waals surface area contributed by atoms with Crippen molar-refractivity contribution >= 4 is 15.9 Å². The van der Waals surface area contributed by atoms with Crippen LogP contribution in [-0.2, 0) is 10.0 Å². The summed E-state index contributed by atoms with van der Waals surface area (Å²) >= 11 is 0. The van der Waals surface area contributed by atoms with Crippen LogP contribution in [-0.4, -0.2) is 56.8 Å². The van der Waals surface area contributed by atoms with E-state index in [0.717, 1.165) is 24.8 Å². The third-order valence-corrected chi connectivity index (χ3v) is 7.51. The summed E-state index contributed by atoms with van der Waals surface area (Å²) in [4.78, 5) is 15.2. The first-order valence-corrected chi connectivity index (χ1v) is 11.9. The molecular weight excluding hydrogens is 398 g/mol. The molecule has 1 N–H and O–H groups in total. The molecule has 0 bridgehead atoms. The number of amides is 1. The fourth-order valence-corrected chi connectivity index (χ4v) is 5.63. The van der Waals surface area contributed by atoms with Crippen LogP contribution in [0.5, 0.6) is 0 Å². The van der Waals surface area contributed by atoms with Gasteiger partial charge >= 0.3 is 0 Å². The zero-order valence-corrected chi connectivity index (χ0v) is 18.7. The summed E-state index contributed by atoms with van der Waals surface area (Å²) in [5.41, 5.74) is 1.35. The molecule has 2 aromatic rings. The molecule has 3 rings (SSSR count). The molecule has 2 unspecified atom stereocenters. The van der Waals surface area contributed by atoms with Crippen LogP contribution in [0.1, 0.15) is 48.1 Å². The number of hydrogen-bond acceptors (Lipinski definition) is 4. The Labute approximate surface area is 179 Å². The predicted octanol–water partition coefficient (Wildman–Crippen LogP) is 3.28. The first kappa shape index (κ1) is 22.5. The Morgan fingerprint density at radius 1 is 1.13 bits per heavy atom. The van der Waals surface area contributed by atoms with Gasteiger partial charge in [-0.1, -0.05) is 42.8 Å². The average molecular weight is 430 g/mol. The van der Waals surface area contributed by atoms with Gasteiger partial charge in [0.25, 0.3) is 5.91 Å². The maximum absolute atomic E-state index is 13.1. The molecule has 0 radical (unpaired) electrons. The van der Waals surface area contributed by atoms with E-state index in [0.29, 0.717) is 18.7 Å². The quantitative estimate of drug-likeness (QED) is 0.733. The summed E-state index contributed by atoms with van der Waals surface area (Å²) in [5, 5.41) is 3.06. The summed E-state index contributed by atoms with van der Waals surface area (Å²) in [7, 11) is 0.285. The largest absolute Gasteiger partial charge is 0.344 e. The molecule has 30 heavy (non-hydrogen) atoms. The van der Waals surface area contributed by atoms with Gasteiger partial charge in [-0.15, -0.1) is 0 Å². The molecule has 0 aromatic heterocycles. The van der Waals surface area contributed by atoms with Crippen molar-refractivity contribution in [2.24, 2.45) is 0 Å². The predicted molar refractivity (Wildman–Crippen MR) is 119 cm³/mol. The lowest BCUT2D eigenvalue weighted by molar-refractivity contribution is 0.0929.